The largest absolute Gasteiger partial charge is 0.496 e. The van der Waals surface area contributed by atoms with E-state index in [4.69, 9.17) is 4.74 Å². The van der Waals surface area contributed by atoms with Gasteiger partial charge in [0.25, 0.3) is 0 Å². The normalized spacial score (nSPS) is 16.9. The van der Waals surface area contributed by atoms with Crippen molar-refractivity contribution in [3.8, 4) is 5.75 Å². The second-order valence-electron chi connectivity index (χ2n) is 5.92. The molecule has 0 aromatic heterocycles. The highest BCUT2D eigenvalue weighted by molar-refractivity contribution is 5.36. The maximum Gasteiger partial charge on any atom is 0.121 e. The number of hydrogen-bond donors (Lipinski definition) is 1. The molecule has 1 fully saturated rings. The van der Waals surface area contributed by atoms with Gasteiger partial charge in [0.05, 0.1) is 7.11 Å². The zero-order valence-electron chi connectivity index (χ0n) is 12.0. The summed E-state index contributed by atoms with van der Waals surface area (Å²) in [5.74, 6) is 1.77. The number of nitrogens with one attached hydrogen (secondary N) is 1. The molecule has 2 rings (SSSR count). The molecule has 1 aliphatic carbocycles. The summed E-state index contributed by atoms with van der Waals surface area (Å²) in [4.78, 5) is 0. The lowest BCUT2D eigenvalue weighted by Gasteiger charge is -2.20. The molecule has 0 radical (unpaired) electrons. The standard InChI is InChI=1S/C16H25NO/c1-12(2)16(7-8-16)11-17-10-14-5-6-15(18-4)13(3)9-14/h5-6,9,12,17H,7-8,10-11H2,1-4H3. The first-order valence-electron chi connectivity index (χ1n) is 6.92. The van der Waals surface area contributed by atoms with Crippen molar-refractivity contribution >= 4 is 0 Å². The fourth-order valence-electron chi connectivity index (χ4n) is 2.63. The first kappa shape index (κ1) is 13.4. The van der Waals surface area contributed by atoms with Gasteiger partial charge in [-0.05, 0) is 48.3 Å². The maximum absolute atomic E-state index is 5.28. The van der Waals surface area contributed by atoms with Crippen LogP contribution in [0.5, 0.6) is 5.75 Å². The molecule has 2 nitrogen and oxygen atoms in total. The molecule has 0 atom stereocenters. The van der Waals surface area contributed by atoms with Crippen molar-refractivity contribution in [1.82, 2.24) is 5.32 Å². The van der Waals surface area contributed by atoms with Crippen molar-refractivity contribution in [2.24, 2.45) is 11.3 Å². The summed E-state index contributed by atoms with van der Waals surface area (Å²) in [5.41, 5.74) is 3.14. The van der Waals surface area contributed by atoms with Crippen LogP contribution in [-0.2, 0) is 6.54 Å². The zero-order chi connectivity index (χ0) is 13.2. The summed E-state index contributed by atoms with van der Waals surface area (Å²) in [6, 6.07) is 6.41. The lowest BCUT2D eigenvalue weighted by molar-refractivity contribution is 0.338. The van der Waals surface area contributed by atoms with Crippen LogP contribution in [0.25, 0.3) is 0 Å². The molecule has 0 saturated heterocycles. The third-order valence-electron chi connectivity index (χ3n) is 4.38. The smallest absolute Gasteiger partial charge is 0.121 e. The van der Waals surface area contributed by atoms with Crippen LogP contribution >= 0.6 is 0 Å². The van der Waals surface area contributed by atoms with Crippen LogP contribution in [-0.4, -0.2) is 13.7 Å². The topological polar surface area (TPSA) is 21.3 Å². The van der Waals surface area contributed by atoms with Gasteiger partial charge in [0.2, 0.25) is 0 Å². The van der Waals surface area contributed by atoms with Crippen LogP contribution in [0, 0.1) is 18.3 Å². The van der Waals surface area contributed by atoms with E-state index in [-0.39, 0.29) is 0 Å². The van der Waals surface area contributed by atoms with E-state index in [2.05, 4.69) is 44.3 Å². The van der Waals surface area contributed by atoms with E-state index in [9.17, 15) is 0 Å². The first-order valence-corrected chi connectivity index (χ1v) is 6.92. The molecule has 100 valence electrons. The summed E-state index contributed by atoms with van der Waals surface area (Å²) in [6.45, 7) is 8.88. The van der Waals surface area contributed by atoms with Crippen molar-refractivity contribution < 1.29 is 4.74 Å². The Hall–Kier alpha value is -1.02. The van der Waals surface area contributed by atoms with Crippen LogP contribution in [0.15, 0.2) is 18.2 Å². The van der Waals surface area contributed by atoms with Crippen molar-refractivity contribution in [2.75, 3.05) is 13.7 Å². The minimum absolute atomic E-state index is 0.585. The molecule has 0 unspecified atom stereocenters. The number of hydrogen-bond acceptors (Lipinski definition) is 2. The molecular formula is C16H25NO. The molecule has 1 aromatic carbocycles. The van der Waals surface area contributed by atoms with E-state index in [0.717, 1.165) is 24.8 Å². The molecule has 0 aliphatic heterocycles. The summed E-state index contributed by atoms with van der Waals surface area (Å²) in [6.07, 6.45) is 2.78. The van der Waals surface area contributed by atoms with E-state index >= 15 is 0 Å². The Morgan fingerprint density at radius 2 is 2.06 bits per heavy atom. The lowest BCUT2D eigenvalue weighted by Crippen LogP contribution is -2.27. The fraction of sp³-hybridized carbons (Fsp3) is 0.625. The Morgan fingerprint density at radius 1 is 1.33 bits per heavy atom. The molecule has 0 bridgehead atoms. The van der Waals surface area contributed by atoms with E-state index in [1.54, 1.807) is 7.11 Å². The Balaban J connectivity index is 1.85. The van der Waals surface area contributed by atoms with Crippen LogP contribution in [0.4, 0.5) is 0 Å². The van der Waals surface area contributed by atoms with Gasteiger partial charge in [-0.25, -0.2) is 0 Å². The van der Waals surface area contributed by atoms with Crippen LogP contribution in [0.3, 0.4) is 0 Å². The van der Waals surface area contributed by atoms with Crippen LogP contribution in [0.2, 0.25) is 0 Å². The highest BCUT2D eigenvalue weighted by Gasteiger charge is 2.44. The molecule has 1 aliphatic rings. The van der Waals surface area contributed by atoms with E-state index in [0.29, 0.717) is 5.41 Å². The van der Waals surface area contributed by atoms with Gasteiger partial charge in [0.1, 0.15) is 5.75 Å². The highest BCUT2D eigenvalue weighted by atomic mass is 16.5. The van der Waals surface area contributed by atoms with Crippen LogP contribution < -0.4 is 10.1 Å². The second-order valence-corrected chi connectivity index (χ2v) is 5.92. The lowest BCUT2D eigenvalue weighted by atomic mass is 9.92. The summed E-state index contributed by atoms with van der Waals surface area (Å²) < 4.78 is 5.28. The number of aryl methyl sites for hydroxylation is 1. The quantitative estimate of drug-likeness (QED) is 0.830. The van der Waals surface area contributed by atoms with E-state index in [1.165, 1.54) is 24.0 Å². The molecule has 0 amide bonds. The minimum Gasteiger partial charge on any atom is -0.496 e. The molecule has 1 N–H and O–H groups in total. The zero-order valence-corrected chi connectivity index (χ0v) is 12.0. The van der Waals surface area contributed by atoms with Crippen molar-refractivity contribution in [2.45, 2.75) is 40.2 Å². The van der Waals surface area contributed by atoms with Crippen molar-refractivity contribution in [3.05, 3.63) is 29.3 Å². The second kappa shape index (κ2) is 5.31. The number of rotatable bonds is 6. The Labute approximate surface area is 111 Å². The third-order valence-corrected chi connectivity index (χ3v) is 4.38. The summed E-state index contributed by atoms with van der Waals surface area (Å²) >= 11 is 0. The Morgan fingerprint density at radius 3 is 2.56 bits per heavy atom. The van der Waals surface area contributed by atoms with Crippen LogP contribution in [0.1, 0.15) is 37.8 Å². The van der Waals surface area contributed by atoms with Gasteiger partial charge in [-0.15, -0.1) is 0 Å². The molecule has 0 spiro atoms. The molecule has 0 heterocycles. The number of methoxy groups -OCH3 is 1. The van der Waals surface area contributed by atoms with Gasteiger partial charge in [-0.3, -0.25) is 0 Å². The van der Waals surface area contributed by atoms with Gasteiger partial charge >= 0.3 is 0 Å². The van der Waals surface area contributed by atoms with Gasteiger partial charge in [0, 0.05) is 13.1 Å². The fourth-order valence-corrected chi connectivity index (χ4v) is 2.63. The molecular weight excluding hydrogens is 222 g/mol. The summed E-state index contributed by atoms with van der Waals surface area (Å²) in [7, 11) is 1.72. The SMILES string of the molecule is COc1ccc(CNCC2(C(C)C)CC2)cc1C. The van der Waals surface area contributed by atoms with E-state index < -0.39 is 0 Å². The predicted octanol–water partition coefficient (Wildman–Crippen LogP) is 3.53. The van der Waals surface area contributed by atoms with Gasteiger partial charge < -0.3 is 10.1 Å². The Kier molecular flexibility index (Phi) is 3.96. The molecule has 1 saturated carbocycles. The predicted molar refractivity (Wildman–Crippen MR) is 75.9 cm³/mol. The van der Waals surface area contributed by atoms with Gasteiger partial charge in [-0.2, -0.15) is 0 Å². The van der Waals surface area contributed by atoms with Crippen molar-refractivity contribution in [3.63, 3.8) is 0 Å². The summed E-state index contributed by atoms with van der Waals surface area (Å²) in [5, 5.41) is 3.61. The van der Waals surface area contributed by atoms with Crippen molar-refractivity contribution in [1.29, 1.82) is 0 Å². The molecule has 1 aromatic rings. The molecule has 2 heteroatoms. The minimum atomic E-state index is 0.585. The number of ether oxygens (including phenoxy) is 1. The van der Waals surface area contributed by atoms with Gasteiger partial charge in [-0.1, -0.05) is 26.0 Å². The average Bonchev–Trinajstić information content (AvgIpc) is 3.10. The maximum atomic E-state index is 5.28. The average molecular weight is 247 g/mol. The van der Waals surface area contributed by atoms with E-state index in [1.807, 2.05) is 0 Å². The number of benzene rings is 1. The first-order chi connectivity index (χ1) is 8.57. The monoisotopic (exact) mass is 247 g/mol. The Bertz CT molecular complexity index is 408. The van der Waals surface area contributed by atoms with Gasteiger partial charge in [0.15, 0.2) is 0 Å². The highest BCUT2D eigenvalue weighted by Crippen LogP contribution is 2.51. The third kappa shape index (κ3) is 2.86. The molecule has 18 heavy (non-hydrogen) atoms.